The Bertz CT molecular complexity index is 470. The molecule has 1 atom stereocenters. The van der Waals surface area contributed by atoms with E-state index in [-0.39, 0.29) is 42.3 Å². The summed E-state index contributed by atoms with van der Waals surface area (Å²) in [5, 5.41) is 3.31. The van der Waals surface area contributed by atoms with Crippen LogP contribution in [0, 0.1) is 5.92 Å². The molecule has 0 bridgehead atoms. The molecule has 26 heavy (non-hydrogen) atoms. The van der Waals surface area contributed by atoms with Crippen LogP contribution in [0.2, 0.25) is 0 Å². The first kappa shape index (κ1) is 23.4. The van der Waals surface area contributed by atoms with Gasteiger partial charge >= 0.3 is 0 Å². The summed E-state index contributed by atoms with van der Waals surface area (Å²) >= 11 is 0. The minimum atomic E-state index is -0.518. The number of amides is 1. The number of carbonyl (C=O) groups excluding carboxylic acids is 1. The van der Waals surface area contributed by atoms with Gasteiger partial charge in [-0.3, -0.25) is 4.79 Å². The van der Waals surface area contributed by atoms with Gasteiger partial charge in [0.2, 0.25) is 5.91 Å². The van der Waals surface area contributed by atoms with Gasteiger partial charge < -0.3 is 29.3 Å². The van der Waals surface area contributed by atoms with E-state index in [9.17, 15) is 4.79 Å². The number of hydrogen-bond donors (Lipinski definition) is 1. The summed E-state index contributed by atoms with van der Waals surface area (Å²) in [5.41, 5.74) is 0. The van der Waals surface area contributed by atoms with Crippen LogP contribution in [0.3, 0.4) is 0 Å². The number of nitrogens with zero attached hydrogens (tertiary/aromatic N) is 3. The molecule has 2 heterocycles. The van der Waals surface area contributed by atoms with Gasteiger partial charge in [-0.15, -0.1) is 24.0 Å². The summed E-state index contributed by atoms with van der Waals surface area (Å²) in [7, 11) is 5.14. The molecule has 1 N–H and O–H groups in total. The fourth-order valence-corrected chi connectivity index (χ4v) is 3.18. The molecular formula is C17H33IN4O4. The number of hydrogen-bond acceptors (Lipinski definition) is 5. The van der Waals surface area contributed by atoms with Gasteiger partial charge in [0.05, 0.1) is 19.8 Å². The van der Waals surface area contributed by atoms with E-state index in [1.807, 2.05) is 6.92 Å². The van der Waals surface area contributed by atoms with Crippen LogP contribution in [0.1, 0.15) is 19.8 Å². The van der Waals surface area contributed by atoms with Gasteiger partial charge in [-0.25, -0.2) is 4.99 Å². The standard InChI is InChI=1S/C17H32N4O4.HI/c1-17(24-10-11-25-17)14-6-5-8-21(13-14)16(18-7-9-23-4)19-12-15(22)20(2)3;/h14H,5-13H2,1-4H3,(H,18,19);1H. The van der Waals surface area contributed by atoms with Gasteiger partial charge in [-0.2, -0.15) is 0 Å². The minimum absolute atomic E-state index is 0. The second-order valence-corrected chi connectivity index (χ2v) is 6.85. The maximum atomic E-state index is 11.9. The van der Waals surface area contributed by atoms with Crippen molar-refractivity contribution in [1.82, 2.24) is 15.1 Å². The van der Waals surface area contributed by atoms with Crippen molar-refractivity contribution in [2.75, 3.05) is 67.2 Å². The van der Waals surface area contributed by atoms with E-state index in [4.69, 9.17) is 14.2 Å². The van der Waals surface area contributed by atoms with E-state index >= 15 is 0 Å². The van der Waals surface area contributed by atoms with Crippen molar-refractivity contribution in [3.63, 3.8) is 0 Å². The van der Waals surface area contributed by atoms with Gasteiger partial charge in [0, 0.05) is 46.8 Å². The van der Waals surface area contributed by atoms with Crippen molar-refractivity contribution >= 4 is 35.8 Å². The van der Waals surface area contributed by atoms with Crippen LogP contribution >= 0.6 is 24.0 Å². The Morgan fingerprint density at radius 2 is 2.08 bits per heavy atom. The van der Waals surface area contributed by atoms with Crippen LogP contribution in [0.25, 0.3) is 0 Å². The number of carbonyl (C=O) groups is 1. The van der Waals surface area contributed by atoms with Crippen LogP contribution < -0.4 is 5.32 Å². The number of aliphatic imine (C=N–C) groups is 1. The normalized spacial score (nSPS) is 22.7. The van der Waals surface area contributed by atoms with Gasteiger partial charge in [0.1, 0.15) is 6.54 Å². The Hall–Kier alpha value is -0.650. The second-order valence-electron chi connectivity index (χ2n) is 6.85. The molecule has 2 saturated heterocycles. The van der Waals surface area contributed by atoms with E-state index in [0.29, 0.717) is 26.4 Å². The average molecular weight is 484 g/mol. The van der Waals surface area contributed by atoms with Crippen molar-refractivity contribution in [2.45, 2.75) is 25.6 Å². The third-order valence-electron chi connectivity index (χ3n) is 4.78. The molecule has 9 heteroatoms. The van der Waals surface area contributed by atoms with E-state index in [2.05, 4.69) is 15.2 Å². The SMILES string of the molecule is COCCNC(=NCC(=O)N(C)C)N1CCCC(C2(C)OCCO2)C1.I. The van der Waals surface area contributed by atoms with E-state index in [1.54, 1.807) is 26.1 Å². The molecule has 0 aliphatic carbocycles. The summed E-state index contributed by atoms with van der Waals surface area (Å²) in [6.45, 7) is 6.40. The number of likely N-dealkylation sites (tertiary alicyclic amines) is 1. The van der Waals surface area contributed by atoms with Crippen LogP contribution in [0.5, 0.6) is 0 Å². The first-order valence-corrected chi connectivity index (χ1v) is 8.96. The Kier molecular flexibility index (Phi) is 10.1. The Balaban J connectivity index is 0.00000338. The largest absolute Gasteiger partial charge is 0.383 e. The fraction of sp³-hybridized carbons (Fsp3) is 0.882. The van der Waals surface area contributed by atoms with Crippen molar-refractivity contribution in [1.29, 1.82) is 0 Å². The highest BCUT2D eigenvalue weighted by Crippen LogP contribution is 2.34. The molecule has 0 aromatic heterocycles. The Labute approximate surface area is 173 Å². The zero-order chi connectivity index (χ0) is 18.3. The molecule has 0 saturated carbocycles. The van der Waals surface area contributed by atoms with Crippen molar-refractivity contribution < 1.29 is 19.0 Å². The molecule has 0 aromatic carbocycles. The molecule has 8 nitrogen and oxygen atoms in total. The number of guanidine groups is 1. The summed E-state index contributed by atoms with van der Waals surface area (Å²) in [5.74, 6) is 0.491. The monoisotopic (exact) mass is 484 g/mol. The number of methoxy groups -OCH3 is 1. The lowest BCUT2D eigenvalue weighted by atomic mass is 9.90. The predicted octanol–water partition coefficient (Wildman–Crippen LogP) is 0.760. The molecule has 0 spiro atoms. The lowest BCUT2D eigenvalue weighted by Crippen LogP contribution is -2.52. The third-order valence-corrected chi connectivity index (χ3v) is 4.78. The lowest BCUT2D eigenvalue weighted by Gasteiger charge is -2.41. The molecular weight excluding hydrogens is 451 g/mol. The van der Waals surface area contributed by atoms with Gasteiger partial charge in [0.25, 0.3) is 0 Å². The van der Waals surface area contributed by atoms with Crippen LogP contribution in [-0.2, 0) is 19.0 Å². The molecule has 152 valence electrons. The van der Waals surface area contributed by atoms with E-state index < -0.39 is 5.79 Å². The van der Waals surface area contributed by atoms with Gasteiger partial charge in [-0.1, -0.05) is 0 Å². The van der Waals surface area contributed by atoms with Crippen molar-refractivity contribution in [3.8, 4) is 0 Å². The van der Waals surface area contributed by atoms with Gasteiger partial charge in [-0.05, 0) is 19.8 Å². The molecule has 2 fully saturated rings. The highest BCUT2D eigenvalue weighted by molar-refractivity contribution is 14.0. The predicted molar refractivity (Wildman–Crippen MR) is 111 cm³/mol. The number of likely N-dealkylation sites (N-methyl/N-ethyl adjacent to an activating group) is 1. The van der Waals surface area contributed by atoms with E-state index in [0.717, 1.165) is 31.9 Å². The third kappa shape index (κ3) is 6.50. The number of nitrogens with one attached hydrogen (secondary N) is 1. The molecule has 2 aliphatic heterocycles. The molecule has 1 unspecified atom stereocenters. The van der Waals surface area contributed by atoms with E-state index in [1.165, 1.54) is 0 Å². The van der Waals surface area contributed by atoms with Crippen molar-refractivity contribution in [2.24, 2.45) is 10.9 Å². The van der Waals surface area contributed by atoms with Crippen molar-refractivity contribution in [3.05, 3.63) is 0 Å². The van der Waals surface area contributed by atoms with Crippen LogP contribution in [-0.4, -0.2) is 94.7 Å². The Morgan fingerprint density at radius 1 is 1.38 bits per heavy atom. The first-order valence-electron chi connectivity index (χ1n) is 8.96. The first-order chi connectivity index (χ1) is 12.0. The smallest absolute Gasteiger partial charge is 0.243 e. The summed E-state index contributed by atoms with van der Waals surface area (Å²) in [6.07, 6.45) is 2.11. The van der Waals surface area contributed by atoms with Gasteiger partial charge in [0.15, 0.2) is 11.7 Å². The average Bonchev–Trinajstić information content (AvgIpc) is 3.05. The molecule has 0 aromatic rings. The summed E-state index contributed by atoms with van der Waals surface area (Å²) in [4.78, 5) is 20.2. The molecule has 0 radical (unpaired) electrons. The number of ether oxygens (including phenoxy) is 3. The topological polar surface area (TPSA) is 75.6 Å². The Morgan fingerprint density at radius 3 is 2.69 bits per heavy atom. The molecule has 1 amide bonds. The quantitative estimate of drug-likeness (QED) is 0.260. The zero-order valence-electron chi connectivity index (χ0n) is 16.3. The maximum absolute atomic E-state index is 11.9. The number of rotatable bonds is 6. The number of halogens is 1. The summed E-state index contributed by atoms with van der Waals surface area (Å²) in [6, 6.07) is 0. The van der Waals surface area contributed by atoms with Crippen LogP contribution in [0.15, 0.2) is 4.99 Å². The second kappa shape index (κ2) is 11.3. The highest BCUT2D eigenvalue weighted by atomic mass is 127. The number of piperidine rings is 1. The fourth-order valence-electron chi connectivity index (χ4n) is 3.18. The van der Waals surface area contributed by atoms with Crippen LogP contribution in [0.4, 0.5) is 0 Å². The minimum Gasteiger partial charge on any atom is -0.383 e. The lowest BCUT2D eigenvalue weighted by molar-refractivity contribution is -0.189. The highest BCUT2D eigenvalue weighted by Gasteiger charge is 2.42. The molecule has 2 aliphatic rings. The maximum Gasteiger partial charge on any atom is 0.243 e. The molecule has 2 rings (SSSR count). The summed E-state index contributed by atoms with van der Waals surface area (Å²) < 4.78 is 16.8. The zero-order valence-corrected chi connectivity index (χ0v) is 18.7.